The van der Waals surface area contributed by atoms with Crippen molar-refractivity contribution in [1.82, 2.24) is 5.32 Å². The molecule has 0 spiro atoms. The van der Waals surface area contributed by atoms with Gasteiger partial charge in [0.2, 0.25) is 0 Å². The number of benzene rings is 1. The van der Waals surface area contributed by atoms with Gasteiger partial charge in [0.1, 0.15) is 0 Å². The summed E-state index contributed by atoms with van der Waals surface area (Å²) in [7, 11) is -0.922. The number of carbonyl (C=O) groups excluding carboxylic acids is 1. The van der Waals surface area contributed by atoms with Crippen LogP contribution in [0.25, 0.3) is 0 Å². The van der Waals surface area contributed by atoms with Crippen LogP contribution in [0.2, 0.25) is 0 Å². The molecular formula is C12H17NO3S. The molecule has 1 aromatic carbocycles. The summed E-state index contributed by atoms with van der Waals surface area (Å²) >= 11 is 0. The molecule has 0 bridgehead atoms. The lowest BCUT2D eigenvalue weighted by Crippen LogP contribution is -2.35. The topological polar surface area (TPSA) is 66.4 Å². The van der Waals surface area contributed by atoms with Gasteiger partial charge in [0.25, 0.3) is 5.91 Å². The Kier molecular flexibility index (Phi) is 5.31. The summed E-state index contributed by atoms with van der Waals surface area (Å²) in [4.78, 5) is 11.8. The minimum atomic E-state index is -0.922. The third-order valence-electron chi connectivity index (χ3n) is 2.21. The molecule has 17 heavy (non-hydrogen) atoms. The van der Waals surface area contributed by atoms with Crippen LogP contribution in [-0.4, -0.2) is 34.1 Å². The lowest BCUT2D eigenvalue weighted by Gasteiger charge is -2.11. The molecule has 1 aromatic rings. The van der Waals surface area contributed by atoms with E-state index in [1.165, 1.54) is 0 Å². The molecule has 2 unspecified atom stereocenters. The summed E-state index contributed by atoms with van der Waals surface area (Å²) in [6, 6.07) is 6.75. The van der Waals surface area contributed by atoms with Gasteiger partial charge in [0.05, 0.1) is 6.61 Å². The lowest BCUT2D eigenvalue weighted by molar-refractivity contribution is 0.0922. The number of carbonyl (C=O) groups is 1. The predicted molar refractivity (Wildman–Crippen MR) is 68.2 cm³/mol. The zero-order chi connectivity index (χ0) is 12.8. The fourth-order valence-corrected chi connectivity index (χ4v) is 2.04. The highest BCUT2D eigenvalue weighted by Gasteiger charge is 2.09. The van der Waals surface area contributed by atoms with E-state index < -0.39 is 10.8 Å². The maximum atomic E-state index is 11.8. The fraction of sp³-hybridized carbons (Fsp3) is 0.417. The third kappa shape index (κ3) is 4.66. The van der Waals surface area contributed by atoms with Crippen LogP contribution in [0.1, 0.15) is 22.8 Å². The SMILES string of the molecule is CC(CO)NC(=O)c1cccc(CS(C)=O)c1. The Morgan fingerprint density at radius 1 is 1.53 bits per heavy atom. The van der Waals surface area contributed by atoms with E-state index in [2.05, 4.69) is 5.32 Å². The highest BCUT2D eigenvalue weighted by atomic mass is 32.2. The number of aliphatic hydroxyl groups is 1. The van der Waals surface area contributed by atoms with Gasteiger partial charge < -0.3 is 10.4 Å². The summed E-state index contributed by atoms with van der Waals surface area (Å²) in [5, 5.41) is 11.5. The minimum absolute atomic E-state index is 0.0928. The first-order valence-electron chi connectivity index (χ1n) is 5.33. The second-order valence-corrected chi connectivity index (χ2v) is 5.41. The molecule has 0 heterocycles. The van der Waals surface area contributed by atoms with Crippen LogP contribution in [0.5, 0.6) is 0 Å². The second kappa shape index (κ2) is 6.51. The van der Waals surface area contributed by atoms with Gasteiger partial charge in [-0.25, -0.2) is 0 Å². The minimum Gasteiger partial charge on any atom is -0.394 e. The molecule has 0 radical (unpaired) electrons. The van der Waals surface area contributed by atoms with Gasteiger partial charge in [-0.1, -0.05) is 12.1 Å². The van der Waals surface area contributed by atoms with E-state index in [0.29, 0.717) is 11.3 Å². The van der Waals surface area contributed by atoms with E-state index in [4.69, 9.17) is 5.11 Å². The molecule has 2 N–H and O–H groups in total. The summed E-state index contributed by atoms with van der Waals surface area (Å²) in [5.74, 6) is 0.215. The molecule has 0 fully saturated rings. The molecule has 0 aliphatic heterocycles. The Hall–Kier alpha value is -1.20. The number of amides is 1. The zero-order valence-corrected chi connectivity index (χ0v) is 10.8. The fourth-order valence-electron chi connectivity index (χ4n) is 1.39. The Morgan fingerprint density at radius 3 is 2.82 bits per heavy atom. The number of aliphatic hydroxyl groups excluding tert-OH is 1. The molecule has 1 rings (SSSR count). The van der Waals surface area contributed by atoms with Gasteiger partial charge in [-0.3, -0.25) is 9.00 Å². The maximum Gasteiger partial charge on any atom is 0.251 e. The second-order valence-electron chi connectivity index (χ2n) is 3.97. The maximum absolute atomic E-state index is 11.8. The van der Waals surface area contributed by atoms with Crippen molar-refractivity contribution < 1.29 is 14.1 Å². The summed E-state index contributed by atoms with van der Waals surface area (Å²) in [6.07, 6.45) is 1.63. The van der Waals surface area contributed by atoms with Crippen molar-refractivity contribution in [3.05, 3.63) is 35.4 Å². The van der Waals surface area contributed by atoms with Gasteiger partial charge >= 0.3 is 0 Å². The smallest absolute Gasteiger partial charge is 0.251 e. The van der Waals surface area contributed by atoms with Gasteiger partial charge in [0, 0.05) is 34.4 Å². The Labute approximate surface area is 104 Å². The number of nitrogens with one attached hydrogen (secondary N) is 1. The van der Waals surface area contributed by atoms with Crippen molar-refractivity contribution >= 4 is 16.7 Å². The molecule has 0 aliphatic rings. The van der Waals surface area contributed by atoms with E-state index in [1.54, 1.807) is 31.4 Å². The summed E-state index contributed by atoms with van der Waals surface area (Å²) in [6.45, 7) is 1.63. The highest BCUT2D eigenvalue weighted by molar-refractivity contribution is 7.83. The summed E-state index contributed by atoms with van der Waals surface area (Å²) < 4.78 is 11.1. The normalized spacial score (nSPS) is 14.1. The van der Waals surface area contributed by atoms with E-state index in [9.17, 15) is 9.00 Å². The molecule has 5 heteroatoms. The van der Waals surface area contributed by atoms with Gasteiger partial charge in [0.15, 0.2) is 0 Å². The third-order valence-corrected chi connectivity index (χ3v) is 2.95. The quantitative estimate of drug-likeness (QED) is 0.813. The predicted octanol–water partition coefficient (Wildman–Crippen LogP) is 0.676. The largest absolute Gasteiger partial charge is 0.394 e. The first-order chi connectivity index (χ1) is 8.02. The first kappa shape index (κ1) is 13.9. The van der Waals surface area contributed by atoms with E-state index in [0.717, 1.165) is 5.56 Å². The van der Waals surface area contributed by atoms with Crippen molar-refractivity contribution in [2.24, 2.45) is 0 Å². The van der Waals surface area contributed by atoms with E-state index >= 15 is 0 Å². The Morgan fingerprint density at radius 2 is 2.24 bits per heavy atom. The molecule has 0 saturated heterocycles. The Balaban J connectivity index is 2.77. The van der Waals surface area contributed by atoms with Crippen molar-refractivity contribution in [1.29, 1.82) is 0 Å². The standard InChI is InChI=1S/C12H17NO3S/c1-9(7-14)13-12(15)11-5-3-4-10(6-11)8-17(2)16/h3-6,9,14H,7-8H2,1-2H3,(H,13,15). The van der Waals surface area contributed by atoms with Crippen LogP contribution in [0.3, 0.4) is 0 Å². The van der Waals surface area contributed by atoms with Crippen molar-refractivity contribution in [2.45, 2.75) is 18.7 Å². The van der Waals surface area contributed by atoms with Gasteiger partial charge in [-0.2, -0.15) is 0 Å². The van der Waals surface area contributed by atoms with Gasteiger partial charge in [-0.05, 0) is 24.6 Å². The first-order valence-corrected chi connectivity index (χ1v) is 7.06. The molecule has 94 valence electrons. The van der Waals surface area contributed by atoms with Crippen LogP contribution in [0.4, 0.5) is 0 Å². The van der Waals surface area contributed by atoms with Crippen LogP contribution in [0, 0.1) is 0 Å². The van der Waals surface area contributed by atoms with Crippen molar-refractivity contribution in [3.63, 3.8) is 0 Å². The number of hydrogen-bond acceptors (Lipinski definition) is 3. The summed E-state index contributed by atoms with van der Waals surface area (Å²) in [5.41, 5.74) is 1.39. The molecule has 2 atom stereocenters. The van der Waals surface area contributed by atoms with Crippen LogP contribution in [0.15, 0.2) is 24.3 Å². The van der Waals surface area contributed by atoms with Crippen molar-refractivity contribution in [2.75, 3.05) is 12.9 Å². The average Bonchev–Trinajstić information content (AvgIpc) is 2.28. The monoisotopic (exact) mass is 255 g/mol. The van der Waals surface area contributed by atoms with Gasteiger partial charge in [-0.15, -0.1) is 0 Å². The van der Waals surface area contributed by atoms with Crippen LogP contribution in [-0.2, 0) is 16.6 Å². The molecule has 0 aliphatic carbocycles. The zero-order valence-electron chi connectivity index (χ0n) is 9.97. The van der Waals surface area contributed by atoms with Crippen molar-refractivity contribution in [3.8, 4) is 0 Å². The average molecular weight is 255 g/mol. The van der Waals surface area contributed by atoms with E-state index in [-0.39, 0.29) is 18.6 Å². The Bertz CT molecular complexity index is 420. The number of hydrogen-bond donors (Lipinski definition) is 2. The highest BCUT2D eigenvalue weighted by Crippen LogP contribution is 2.07. The lowest BCUT2D eigenvalue weighted by atomic mass is 10.1. The number of rotatable bonds is 5. The molecular weight excluding hydrogens is 238 g/mol. The van der Waals surface area contributed by atoms with Crippen LogP contribution >= 0.6 is 0 Å². The molecule has 1 amide bonds. The molecule has 0 saturated carbocycles. The molecule has 4 nitrogen and oxygen atoms in total. The molecule has 0 aromatic heterocycles. The van der Waals surface area contributed by atoms with E-state index in [1.807, 2.05) is 6.07 Å². The van der Waals surface area contributed by atoms with Crippen LogP contribution < -0.4 is 5.32 Å².